The lowest BCUT2D eigenvalue weighted by atomic mass is 9.88. The van der Waals surface area contributed by atoms with Gasteiger partial charge in [0.2, 0.25) is 0 Å². The van der Waals surface area contributed by atoms with Crippen molar-refractivity contribution >= 4 is 11.7 Å². The Labute approximate surface area is 147 Å². The third-order valence-corrected chi connectivity index (χ3v) is 4.72. The predicted molar refractivity (Wildman–Crippen MR) is 94.9 cm³/mol. The van der Waals surface area contributed by atoms with Crippen LogP contribution in [0.5, 0.6) is 5.75 Å². The number of likely N-dealkylation sites (tertiary alicyclic amines) is 1. The molecular formula is C20H22N2O3. The molecule has 0 radical (unpaired) electrons. The lowest BCUT2D eigenvalue weighted by molar-refractivity contribution is 0.0645. The fourth-order valence-electron chi connectivity index (χ4n) is 3.26. The van der Waals surface area contributed by atoms with Crippen molar-refractivity contribution < 1.29 is 14.3 Å². The van der Waals surface area contributed by atoms with E-state index in [1.165, 1.54) is 0 Å². The number of carbonyl (C=O) groups excluding carboxylic acids is 2. The molecule has 0 bridgehead atoms. The monoisotopic (exact) mass is 338 g/mol. The molecule has 1 aromatic heterocycles. The van der Waals surface area contributed by atoms with Crippen molar-refractivity contribution in [2.24, 2.45) is 5.92 Å². The zero-order valence-electron chi connectivity index (χ0n) is 14.6. The van der Waals surface area contributed by atoms with E-state index >= 15 is 0 Å². The number of methoxy groups -OCH3 is 1. The van der Waals surface area contributed by atoms with Crippen LogP contribution in [0.2, 0.25) is 0 Å². The molecule has 1 amide bonds. The van der Waals surface area contributed by atoms with Gasteiger partial charge in [-0.3, -0.25) is 14.6 Å². The molecular weight excluding hydrogens is 316 g/mol. The summed E-state index contributed by atoms with van der Waals surface area (Å²) in [4.78, 5) is 31.1. The van der Waals surface area contributed by atoms with Crippen molar-refractivity contribution in [2.75, 3.05) is 20.2 Å². The van der Waals surface area contributed by atoms with Crippen LogP contribution in [0.1, 0.15) is 39.3 Å². The maximum atomic E-state index is 12.7. The van der Waals surface area contributed by atoms with E-state index in [-0.39, 0.29) is 17.6 Å². The molecule has 5 nitrogen and oxygen atoms in total. The Bertz CT molecular complexity index is 766. The number of rotatable bonds is 4. The summed E-state index contributed by atoms with van der Waals surface area (Å²) in [6.07, 6.45) is 2.99. The third kappa shape index (κ3) is 3.71. The highest BCUT2D eigenvalue weighted by atomic mass is 16.5. The summed E-state index contributed by atoms with van der Waals surface area (Å²) in [5, 5.41) is 0. The van der Waals surface area contributed by atoms with Gasteiger partial charge in [0.15, 0.2) is 5.78 Å². The number of aryl methyl sites for hydroxylation is 1. The van der Waals surface area contributed by atoms with Crippen molar-refractivity contribution in [2.45, 2.75) is 19.8 Å². The highest BCUT2D eigenvalue weighted by Gasteiger charge is 2.28. The lowest BCUT2D eigenvalue weighted by Crippen LogP contribution is -2.40. The molecule has 0 aliphatic carbocycles. The average Bonchev–Trinajstić information content (AvgIpc) is 2.67. The van der Waals surface area contributed by atoms with Gasteiger partial charge < -0.3 is 9.64 Å². The molecule has 2 heterocycles. The summed E-state index contributed by atoms with van der Waals surface area (Å²) < 4.78 is 5.25. The molecule has 2 aromatic rings. The number of Topliss-reactive ketones (excluding diaryl/α,β-unsaturated/α-hetero) is 1. The molecule has 0 unspecified atom stereocenters. The minimum absolute atomic E-state index is 0.0411. The van der Waals surface area contributed by atoms with Crippen molar-refractivity contribution in [1.82, 2.24) is 9.88 Å². The Balaban J connectivity index is 1.63. The summed E-state index contributed by atoms with van der Waals surface area (Å²) in [5.74, 6) is 0.829. The molecule has 0 spiro atoms. The van der Waals surface area contributed by atoms with Crippen LogP contribution >= 0.6 is 0 Å². The molecule has 0 saturated carbocycles. The Morgan fingerprint density at radius 1 is 1.16 bits per heavy atom. The summed E-state index contributed by atoms with van der Waals surface area (Å²) >= 11 is 0. The number of nitrogens with zero attached hydrogens (tertiary/aromatic N) is 2. The first-order chi connectivity index (χ1) is 12.1. The molecule has 1 fully saturated rings. The molecule has 0 N–H and O–H groups in total. The first-order valence-electron chi connectivity index (χ1n) is 8.49. The zero-order chi connectivity index (χ0) is 17.8. The second kappa shape index (κ2) is 7.47. The molecule has 130 valence electrons. The summed E-state index contributed by atoms with van der Waals surface area (Å²) in [6.45, 7) is 3.10. The van der Waals surface area contributed by atoms with E-state index in [1.54, 1.807) is 30.3 Å². The van der Waals surface area contributed by atoms with E-state index < -0.39 is 0 Å². The number of ketones is 1. The van der Waals surface area contributed by atoms with Gasteiger partial charge >= 0.3 is 0 Å². The number of carbonyl (C=O) groups is 2. The van der Waals surface area contributed by atoms with Crippen LogP contribution in [0.4, 0.5) is 0 Å². The number of amides is 1. The number of pyridine rings is 1. The largest absolute Gasteiger partial charge is 0.496 e. The van der Waals surface area contributed by atoms with E-state index in [0.29, 0.717) is 37.2 Å². The number of piperidine rings is 1. The van der Waals surface area contributed by atoms with Gasteiger partial charge in [-0.2, -0.15) is 0 Å². The number of benzene rings is 1. The van der Waals surface area contributed by atoms with Gasteiger partial charge in [-0.1, -0.05) is 6.07 Å². The molecule has 1 saturated heterocycles. The van der Waals surface area contributed by atoms with Crippen LogP contribution in [-0.2, 0) is 0 Å². The normalized spacial score (nSPS) is 15.0. The number of hydrogen-bond donors (Lipinski definition) is 0. The maximum absolute atomic E-state index is 12.7. The van der Waals surface area contributed by atoms with Gasteiger partial charge in [-0.15, -0.1) is 0 Å². The van der Waals surface area contributed by atoms with Crippen molar-refractivity contribution in [3.05, 3.63) is 59.4 Å². The van der Waals surface area contributed by atoms with E-state index in [9.17, 15) is 9.59 Å². The first kappa shape index (κ1) is 17.1. The molecule has 1 aromatic carbocycles. The molecule has 3 rings (SSSR count). The summed E-state index contributed by atoms with van der Waals surface area (Å²) in [6, 6.07) is 10.9. The second-order valence-electron chi connectivity index (χ2n) is 6.33. The van der Waals surface area contributed by atoms with Crippen LogP contribution < -0.4 is 4.74 Å². The molecule has 0 atom stereocenters. The fraction of sp³-hybridized carbons (Fsp3) is 0.350. The smallest absolute Gasteiger partial charge is 0.272 e. The molecule has 25 heavy (non-hydrogen) atoms. The van der Waals surface area contributed by atoms with Gasteiger partial charge in [0.25, 0.3) is 5.91 Å². The van der Waals surface area contributed by atoms with Gasteiger partial charge in [0, 0.05) is 30.8 Å². The van der Waals surface area contributed by atoms with Crippen molar-refractivity contribution in [1.29, 1.82) is 0 Å². The van der Waals surface area contributed by atoms with Crippen LogP contribution in [0.3, 0.4) is 0 Å². The van der Waals surface area contributed by atoms with Gasteiger partial charge in [0.1, 0.15) is 11.4 Å². The Hall–Kier alpha value is -2.69. The quantitative estimate of drug-likeness (QED) is 0.804. The Kier molecular flexibility index (Phi) is 5.12. The SMILES string of the molecule is COc1ccc(C(=O)C2CCN(C(=O)c3ccccn3)CC2)cc1C. The number of ether oxygens (including phenoxy) is 1. The van der Waals surface area contributed by atoms with E-state index in [0.717, 1.165) is 11.3 Å². The van der Waals surface area contributed by atoms with E-state index in [1.807, 2.05) is 31.2 Å². The van der Waals surface area contributed by atoms with Gasteiger partial charge in [-0.05, 0) is 55.7 Å². The van der Waals surface area contributed by atoms with Crippen LogP contribution in [-0.4, -0.2) is 41.8 Å². The number of hydrogen-bond acceptors (Lipinski definition) is 4. The average molecular weight is 338 g/mol. The molecule has 1 aliphatic rings. The van der Waals surface area contributed by atoms with Gasteiger partial charge in [0.05, 0.1) is 7.11 Å². The topological polar surface area (TPSA) is 59.5 Å². The van der Waals surface area contributed by atoms with E-state index in [2.05, 4.69) is 4.98 Å². The summed E-state index contributed by atoms with van der Waals surface area (Å²) in [7, 11) is 1.62. The van der Waals surface area contributed by atoms with Crippen molar-refractivity contribution in [3.63, 3.8) is 0 Å². The zero-order valence-corrected chi connectivity index (χ0v) is 14.6. The fourth-order valence-corrected chi connectivity index (χ4v) is 3.26. The molecule has 1 aliphatic heterocycles. The first-order valence-corrected chi connectivity index (χ1v) is 8.49. The van der Waals surface area contributed by atoms with Crippen LogP contribution in [0.15, 0.2) is 42.6 Å². The molecule has 5 heteroatoms. The standard InChI is InChI=1S/C20H22N2O3/c1-14-13-16(6-7-18(14)25-2)19(23)15-8-11-22(12-9-15)20(24)17-5-3-4-10-21-17/h3-7,10,13,15H,8-9,11-12H2,1-2H3. The lowest BCUT2D eigenvalue weighted by Gasteiger charge is -2.31. The maximum Gasteiger partial charge on any atom is 0.272 e. The van der Waals surface area contributed by atoms with Gasteiger partial charge in [-0.25, -0.2) is 0 Å². The van der Waals surface area contributed by atoms with Crippen molar-refractivity contribution in [3.8, 4) is 5.75 Å². The highest BCUT2D eigenvalue weighted by molar-refractivity contribution is 5.98. The van der Waals surface area contributed by atoms with E-state index in [4.69, 9.17) is 4.74 Å². The number of aromatic nitrogens is 1. The Morgan fingerprint density at radius 2 is 1.92 bits per heavy atom. The third-order valence-electron chi connectivity index (χ3n) is 4.72. The minimum Gasteiger partial charge on any atom is -0.496 e. The summed E-state index contributed by atoms with van der Waals surface area (Å²) in [5.41, 5.74) is 2.13. The van der Waals surface area contributed by atoms with Crippen LogP contribution in [0, 0.1) is 12.8 Å². The Morgan fingerprint density at radius 3 is 2.52 bits per heavy atom. The minimum atomic E-state index is -0.0632. The van der Waals surface area contributed by atoms with Crippen LogP contribution in [0.25, 0.3) is 0 Å². The highest BCUT2D eigenvalue weighted by Crippen LogP contribution is 2.25. The second-order valence-corrected chi connectivity index (χ2v) is 6.33. The predicted octanol–water partition coefficient (Wildman–Crippen LogP) is 3.13.